The van der Waals surface area contributed by atoms with Crippen molar-refractivity contribution in [3.63, 3.8) is 0 Å². The van der Waals surface area contributed by atoms with Gasteiger partial charge in [-0.3, -0.25) is 9.78 Å². The lowest BCUT2D eigenvalue weighted by atomic mass is 9.78. The number of amides is 1. The van der Waals surface area contributed by atoms with Crippen LogP contribution >= 0.6 is 0 Å². The predicted molar refractivity (Wildman–Crippen MR) is 105 cm³/mol. The van der Waals surface area contributed by atoms with Crippen LogP contribution in [0.25, 0.3) is 0 Å². The number of hydrogen-bond donors (Lipinski definition) is 1. The van der Waals surface area contributed by atoms with Crippen LogP contribution < -0.4 is 4.74 Å². The Labute approximate surface area is 173 Å². The van der Waals surface area contributed by atoms with Gasteiger partial charge in [0.25, 0.3) is 5.91 Å². The number of hydrogen-bond acceptors (Lipinski definition) is 6. The van der Waals surface area contributed by atoms with Crippen molar-refractivity contribution >= 4 is 11.9 Å². The molecule has 0 bridgehead atoms. The summed E-state index contributed by atoms with van der Waals surface area (Å²) in [4.78, 5) is 29.7. The smallest absolute Gasteiger partial charge is 0.337 e. The van der Waals surface area contributed by atoms with Crippen molar-refractivity contribution in [2.24, 2.45) is 11.8 Å². The van der Waals surface area contributed by atoms with Gasteiger partial charge >= 0.3 is 5.97 Å². The van der Waals surface area contributed by atoms with Crippen LogP contribution in [-0.4, -0.2) is 59.3 Å². The molecule has 0 unspecified atom stereocenters. The van der Waals surface area contributed by atoms with Gasteiger partial charge in [0, 0.05) is 19.3 Å². The number of pyridine rings is 1. The van der Waals surface area contributed by atoms with E-state index in [1.807, 2.05) is 0 Å². The minimum Gasteiger partial charge on any atom is -0.488 e. The van der Waals surface area contributed by atoms with Crippen molar-refractivity contribution < 1.29 is 28.6 Å². The van der Waals surface area contributed by atoms with Crippen LogP contribution in [0.1, 0.15) is 33.6 Å². The Morgan fingerprint density at radius 2 is 1.80 bits per heavy atom. The topological polar surface area (TPSA) is 89.0 Å². The number of aliphatic hydroxyl groups excluding tert-OH is 1. The first kappa shape index (κ1) is 20.3. The molecule has 158 valence electrons. The minimum atomic E-state index is -0.655. The van der Waals surface area contributed by atoms with Gasteiger partial charge in [0.2, 0.25) is 0 Å². The lowest BCUT2D eigenvalue weighted by Gasteiger charge is -2.35. The zero-order valence-corrected chi connectivity index (χ0v) is 16.5. The number of esters is 1. The number of nitrogens with zero attached hydrogens (tertiary/aromatic N) is 2. The Morgan fingerprint density at radius 1 is 1.10 bits per heavy atom. The molecule has 1 aliphatic carbocycles. The van der Waals surface area contributed by atoms with Crippen LogP contribution in [0, 0.1) is 17.7 Å². The van der Waals surface area contributed by atoms with Gasteiger partial charge in [-0.1, -0.05) is 0 Å². The fourth-order valence-corrected chi connectivity index (χ4v) is 4.36. The van der Waals surface area contributed by atoms with Gasteiger partial charge in [0.15, 0.2) is 0 Å². The van der Waals surface area contributed by atoms with E-state index >= 15 is 0 Å². The highest BCUT2D eigenvalue weighted by molar-refractivity contribution is 5.94. The normalized spacial score (nSPS) is 25.5. The molecule has 8 heteroatoms. The first-order valence-corrected chi connectivity index (χ1v) is 9.87. The monoisotopic (exact) mass is 414 g/mol. The van der Waals surface area contributed by atoms with Gasteiger partial charge in [-0.05, 0) is 55.0 Å². The molecular formula is C22H23FN2O5. The van der Waals surface area contributed by atoms with Gasteiger partial charge in [-0.2, -0.15) is 0 Å². The molecule has 2 fully saturated rings. The third kappa shape index (κ3) is 4.14. The molecule has 1 N–H and O–H groups in total. The summed E-state index contributed by atoms with van der Waals surface area (Å²) < 4.78 is 24.1. The average Bonchev–Trinajstić information content (AvgIpc) is 3.16. The van der Waals surface area contributed by atoms with Gasteiger partial charge in [0.1, 0.15) is 17.7 Å². The van der Waals surface area contributed by atoms with E-state index in [4.69, 9.17) is 4.74 Å². The maximum Gasteiger partial charge on any atom is 0.337 e. The number of carbonyl (C=O) groups excluding carboxylic acids is 2. The lowest BCUT2D eigenvalue weighted by Crippen LogP contribution is -2.42. The quantitative estimate of drug-likeness (QED) is 0.773. The summed E-state index contributed by atoms with van der Waals surface area (Å²) in [7, 11) is 1.32. The molecule has 4 atom stereocenters. The molecule has 0 spiro atoms. The SMILES string of the molecule is COC(=O)c1ccc(O[C@@H]2C[C@@H]3CN(C(=O)c4cncc(F)c4)C[C@@H]3C[C@H]2O)cc1. The Balaban J connectivity index is 1.40. The van der Waals surface area contributed by atoms with E-state index < -0.39 is 24.0 Å². The number of fused-ring (bicyclic) bond motifs is 1. The number of aliphatic hydroxyl groups is 1. The summed E-state index contributed by atoms with van der Waals surface area (Å²) in [5.41, 5.74) is 0.651. The van der Waals surface area contributed by atoms with Crippen molar-refractivity contribution in [2.75, 3.05) is 20.2 Å². The van der Waals surface area contributed by atoms with Crippen LogP contribution in [-0.2, 0) is 4.74 Å². The number of likely N-dealkylation sites (tertiary alicyclic amines) is 1. The molecule has 1 saturated carbocycles. The molecule has 2 aliphatic rings. The molecule has 1 amide bonds. The third-order valence-electron chi connectivity index (χ3n) is 5.89. The summed E-state index contributed by atoms with van der Waals surface area (Å²) in [6.45, 7) is 1.06. The Morgan fingerprint density at radius 3 is 2.47 bits per heavy atom. The highest BCUT2D eigenvalue weighted by atomic mass is 19.1. The zero-order valence-electron chi connectivity index (χ0n) is 16.5. The van der Waals surface area contributed by atoms with Gasteiger partial charge < -0.3 is 19.5 Å². The highest BCUT2D eigenvalue weighted by Crippen LogP contribution is 2.38. The van der Waals surface area contributed by atoms with Crippen LogP contribution in [0.2, 0.25) is 0 Å². The molecule has 0 radical (unpaired) electrons. The number of carbonyl (C=O) groups is 2. The Kier molecular flexibility index (Phi) is 5.67. The molecule has 1 aliphatic heterocycles. The summed E-state index contributed by atoms with van der Waals surface area (Å²) >= 11 is 0. The first-order chi connectivity index (χ1) is 14.4. The molecule has 7 nitrogen and oxygen atoms in total. The number of ether oxygens (including phenoxy) is 2. The Hall–Kier alpha value is -3.00. The standard InChI is InChI=1S/C22H23FN2O5/c1-29-22(28)13-2-4-18(5-3-13)30-20-8-16-12-25(11-15(16)7-19(20)26)21(27)14-6-17(23)10-24-9-14/h2-6,9-10,15-16,19-20,26H,7-8,11-12H2,1H3/t15-,16+,19+,20+/m0/s1. The summed E-state index contributed by atoms with van der Waals surface area (Å²) in [6, 6.07) is 7.76. The molecule has 1 aromatic carbocycles. The lowest BCUT2D eigenvalue weighted by molar-refractivity contribution is -0.0231. The van der Waals surface area contributed by atoms with Crippen molar-refractivity contribution in [3.8, 4) is 5.75 Å². The van der Waals surface area contributed by atoms with Gasteiger partial charge in [0.05, 0.1) is 30.5 Å². The number of methoxy groups -OCH3 is 1. The number of halogens is 1. The minimum absolute atomic E-state index is 0.173. The summed E-state index contributed by atoms with van der Waals surface area (Å²) in [5.74, 6) is -0.292. The van der Waals surface area contributed by atoms with Crippen molar-refractivity contribution in [2.45, 2.75) is 25.0 Å². The number of aromatic nitrogens is 1. The van der Waals surface area contributed by atoms with E-state index in [0.717, 1.165) is 6.20 Å². The Bertz CT molecular complexity index is 935. The van der Waals surface area contributed by atoms with Crippen molar-refractivity contribution in [1.29, 1.82) is 0 Å². The molecule has 1 saturated heterocycles. The van der Waals surface area contributed by atoms with Crippen LogP contribution in [0.4, 0.5) is 4.39 Å². The highest BCUT2D eigenvalue weighted by Gasteiger charge is 2.44. The maximum atomic E-state index is 13.4. The third-order valence-corrected chi connectivity index (χ3v) is 5.89. The molecule has 2 heterocycles. The zero-order chi connectivity index (χ0) is 21.3. The van der Waals surface area contributed by atoms with E-state index in [1.54, 1.807) is 29.2 Å². The summed E-state index contributed by atoms with van der Waals surface area (Å²) in [5, 5.41) is 10.6. The molecule has 30 heavy (non-hydrogen) atoms. The molecule has 1 aromatic heterocycles. The van der Waals surface area contributed by atoms with Crippen LogP contribution in [0.3, 0.4) is 0 Å². The van der Waals surface area contributed by atoms with E-state index in [-0.39, 0.29) is 23.3 Å². The van der Waals surface area contributed by atoms with E-state index in [9.17, 15) is 19.1 Å². The largest absolute Gasteiger partial charge is 0.488 e. The van der Waals surface area contributed by atoms with Crippen LogP contribution in [0.5, 0.6) is 5.75 Å². The fraction of sp³-hybridized carbons (Fsp3) is 0.409. The van der Waals surface area contributed by atoms with Gasteiger partial charge in [-0.25, -0.2) is 9.18 Å². The summed E-state index contributed by atoms with van der Waals surface area (Å²) in [6.07, 6.45) is 2.51. The number of benzene rings is 1. The predicted octanol–water partition coefficient (Wildman–Crippen LogP) is 2.30. The second kappa shape index (κ2) is 8.39. The second-order valence-electron chi connectivity index (χ2n) is 7.83. The second-order valence-corrected chi connectivity index (χ2v) is 7.83. The first-order valence-electron chi connectivity index (χ1n) is 9.87. The van der Waals surface area contributed by atoms with E-state index in [0.29, 0.717) is 37.2 Å². The maximum absolute atomic E-state index is 13.4. The average molecular weight is 414 g/mol. The fourth-order valence-electron chi connectivity index (χ4n) is 4.36. The van der Waals surface area contributed by atoms with Crippen LogP contribution in [0.15, 0.2) is 42.7 Å². The van der Waals surface area contributed by atoms with Gasteiger partial charge in [-0.15, -0.1) is 0 Å². The number of rotatable bonds is 4. The van der Waals surface area contributed by atoms with E-state index in [1.165, 1.54) is 19.4 Å². The van der Waals surface area contributed by atoms with E-state index in [2.05, 4.69) is 9.72 Å². The molecular weight excluding hydrogens is 391 g/mol. The molecule has 4 rings (SSSR count). The van der Waals surface area contributed by atoms with Crippen molar-refractivity contribution in [3.05, 3.63) is 59.7 Å². The molecule has 2 aromatic rings. The van der Waals surface area contributed by atoms with Crippen molar-refractivity contribution in [1.82, 2.24) is 9.88 Å².